The zero-order chi connectivity index (χ0) is 15.9. The standard InChI is InChI=1S/C17H23BrN2O2/c1-11-3-4-13(18)8-14(11)17(5-6-17)19-16(22)7-12-9-20(2)10-15(12)21/h3-4,8,12,15,21H,5-7,9-10H2,1-2H3,(H,19,22)/t12-,15-/m1/s1. The number of nitrogens with zero attached hydrogens (tertiary/aromatic N) is 1. The van der Waals surface area contributed by atoms with E-state index < -0.39 is 6.10 Å². The van der Waals surface area contributed by atoms with Crippen LogP contribution >= 0.6 is 15.9 Å². The van der Waals surface area contributed by atoms with Crippen LogP contribution in [0.4, 0.5) is 0 Å². The van der Waals surface area contributed by atoms with Crippen molar-refractivity contribution in [3.05, 3.63) is 33.8 Å². The maximum Gasteiger partial charge on any atom is 0.221 e. The molecule has 0 radical (unpaired) electrons. The molecule has 1 aromatic rings. The fourth-order valence-electron chi connectivity index (χ4n) is 3.52. The van der Waals surface area contributed by atoms with Gasteiger partial charge in [0.15, 0.2) is 0 Å². The van der Waals surface area contributed by atoms with Gasteiger partial charge in [-0.3, -0.25) is 4.79 Å². The summed E-state index contributed by atoms with van der Waals surface area (Å²) in [5.74, 6) is 0.0978. The van der Waals surface area contributed by atoms with Gasteiger partial charge in [0.05, 0.1) is 11.6 Å². The molecule has 1 aliphatic heterocycles. The molecule has 4 nitrogen and oxygen atoms in total. The van der Waals surface area contributed by atoms with Crippen molar-refractivity contribution in [1.29, 1.82) is 0 Å². The molecule has 1 saturated carbocycles. The summed E-state index contributed by atoms with van der Waals surface area (Å²) in [6.07, 6.45) is 1.99. The molecule has 1 heterocycles. The maximum absolute atomic E-state index is 12.4. The summed E-state index contributed by atoms with van der Waals surface area (Å²) in [6.45, 7) is 3.54. The maximum atomic E-state index is 12.4. The number of nitrogens with one attached hydrogen (secondary N) is 1. The van der Waals surface area contributed by atoms with Crippen LogP contribution in [0.5, 0.6) is 0 Å². The number of hydrogen-bond acceptors (Lipinski definition) is 3. The van der Waals surface area contributed by atoms with Crippen molar-refractivity contribution < 1.29 is 9.90 Å². The highest BCUT2D eigenvalue weighted by molar-refractivity contribution is 9.10. The Morgan fingerprint density at radius 2 is 2.18 bits per heavy atom. The molecule has 2 N–H and O–H groups in total. The number of rotatable bonds is 4. The largest absolute Gasteiger partial charge is 0.391 e. The third kappa shape index (κ3) is 3.21. The molecule has 5 heteroatoms. The molecule has 22 heavy (non-hydrogen) atoms. The summed E-state index contributed by atoms with van der Waals surface area (Å²) in [4.78, 5) is 14.5. The lowest BCUT2D eigenvalue weighted by atomic mass is 9.97. The minimum atomic E-state index is -0.390. The van der Waals surface area contributed by atoms with Gasteiger partial charge in [-0.1, -0.05) is 22.0 Å². The van der Waals surface area contributed by atoms with E-state index in [-0.39, 0.29) is 17.4 Å². The topological polar surface area (TPSA) is 52.6 Å². The summed E-state index contributed by atoms with van der Waals surface area (Å²) in [6, 6.07) is 6.23. The van der Waals surface area contributed by atoms with Crippen molar-refractivity contribution in [3.8, 4) is 0 Å². The second-order valence-corrected chi connectivity index (χ2v) is 7.76. The van der Waals surface area contributed by atoms with Gasteiger partial charge in [-0.05, 0) is 50.1 Å². The molecule has 120 valence electrons. The van der Waals surface area contributed by atoms with Crippen molar-refractivity contribution in [1.82, 2.24) is 10.2 Å². The average molecular weight is 367 g/mol. The summed E-state index contributed by atoms with van der Waals surface area (Å²) in [5.41, 5.74) is 2.22. The Kier molecular flexibility index (Phi) is 4.32. The molecule has 1 amide bonds. The quantitative estimate of drug-likeness (QED) is 0.858. The van der Waals surface area contributed by atoms with Crippen LogP contribution in [0.3, 0.4) is 0 Å². The van der Waals surface area contributed by atoms with Crippen molar-refractivity contribution in [2.45, 2.75) is 37.8 Å². The van der Waals surface area contributed by atoms with Crippen LogP contribution in [0.15, 0.2) is 22.7 Å². The Balaban J connectivity index is 1.67. The average Bonchev–Trinajstić information content (AvgIpc) is 3.14. The Bertz CT molecular complexity index is 586. The lowest BCUT2D eigenvalue weighted by molar-refractivity contribution is -0.123. The van der Waals surface area contributed by atoms with E-state index in [1.54, 1.807) is 0 Å². The molecule has 1 aromatic carbocycles. The van der Waals surface area contributed by atoms with Gasteiger partial charge in [-0.15, -0.1) is 0 Å². The SMILES string of the molecule is Cc1ccc(Br)cc1C1(NC(=O)C[C@@H]2CN(C)C[C@H]2O)CC1. The van der Waals surface area contributed by atoms with E-state index in [2.05, 4.69) is 45.2 Å². The van der Waals surface area contributed by atoms with E-state index in [1.165, 1.54) is 11.1 Å². The van der Waals surface area contributed by atoms with Crippen LogP contribution in [-0.2, 0) is 10.3 Å². The number of hydrogen-bond donors (Lipinski definition) is 2. The van der Waals surface area contributed by atoms with Gasteiger partial charge >= 0.3 is 0 Å². The fourth-order valence-corrected chi connectivity index (χ4v) is 3.88. The highest BCUT2D eigenvalue weighted by Gasteiger charge is 2.47. The molecule has 0 spiro atoms. The number of halogens is 1. The van der Waals surface area contributed by atoms with E-state index in [0.717, 1.165) is 23.9 Å². The number of likely N-dealkylation sites (N-methyl/N-ethyl adjacent to an activating group) is 1. The van der Waals surface area contributed by atoms with E-state index in [0.29, 0.717) is 13.0 Å². The van der Waals surface area contributed by atoms with Crippen molar-refractivity contribution >= 4 is 21.8 Å². The van der Waals surface area contributed by atoms with Gasteiger partial charge in [0, 0.05) is 29.9 Å². The van der Waals surface area contributed by atoms with E-state index in [4.69, 9.17) is 0 Å². The Morgan fingerprint density at radius 1 is 1.45 bits per heavy atom. The Labute approximate surface area is 140 Å². The molecular formula is C17H23BrN2O2. The van der Waals surface area contributed by atoms with Crippen LogP contribution in [0.25, 0.3) is 0 Å². The number of benzene rings is 1. The first kappa shape index (κ1) is 16.0. The molecule has 3 rings (SSSR count). The van der Waals surface area contributed by atoms with Gasteiger partial charge < -0.3 is 15.3 Å². The monoisotopic (exact) mass is 366 g/mol. The van der Waals surface area contributed by atoms with E-state index in [1.807, 2.05) is 13.1 Å². The van der Waals surface area contributed by atoms with Crippen LogP contribution in [0.2, 0.25) is 0 Å². The first-order chi connectivity index (χ1) is 10.4. The molecule has 1 aliphatic carbocycles. The number of carbonyl (C=O) groups is 1. The normalized spacial score (nSPS) is 26.9. The molecule has 2 atom stereocenters. The van der Waals surface area contributed by atoms with E-state index >= 15 is 0 Å². The number of amides is 1. The highest BCUT2D eigenvalue weighted by atomic mass is 79.9. The lowest BCUT2D eigenvalue weighted by Gasteiger charge is -2.22. The lowest BCUT2D eigenvalue weighted by Crippen LogP contribution is -2.37. The third-order valence-corrected chi connectivity index (χ3v) is 5.37. The summed E-state index contributed by atoms with van der Waals surface area (Å²) >= 11 is 3.52. The number of β-amino-alcohol motifs (C(OH)–C–C–N with tert-alkyl or cyclic N) is 1. The van der Waals surface area contributed by atoms with Crippen LogP contribution in [-0.4, -0.2) is 42.2 Å². The number of likely N-dealkylation sites (tertiary alicyclic amines) is 1. The molecule has 0 bridgehead atoms. The molecule has 2 aliphatic rings. The second-order valence-electron chi connectivity index (χ2n) is 6.84. The van der Waals surface area contributed by atoms with Gasteiger partial charge in [-0.25, -0.2) is 0 Å². The number of carbonyl (C=O) groups excluding carboxylic acids is 1. The van der Waals surface area contributed by atoms with Crippen molar-refractivity contribution in [2.24, 2.45) is 5.92 Å². The summed E-state index contributed by atoms with van der Waals surface area (Å²) in [5, 5.41) is 13.2. The zero-order valence-electron chi connectivity index (χ0n) is 13.1. The number of aryl methyl sites for hydroxylation is 1. The first-order valence-electron chi connectivity index (χ1n) is 7.84. The van der Waals surface area contributed by atoms with Crippen LogP contribution in [0, 0.1) is 12.8 Å². The van der Waals surface area contributed by atoms with Crippen molar-refractivity contribution in [3.63, 3.8) is 0 Å². The number of aliphatic hydroxyl groups excluding tert-OH is 1. The molecule has 1 saturated heterocycles. The molecule has 0 unspecified atom stereocenters. The minimum Gasteiger partial charge on any atom is -0.391 e. The first-order valence-corrected chi connectivity index (χ1v) is 8.63. The Morgan fingerprint density at radius 3 is 2.77 bits per heavy atom. The predicted molar refractivity (Wildman–Crippen MR) is 89.5 cm³/mol. The number of aliphatic hydroxyl groups is 1. The van der Waals surface area contributed by atoms with Gasteiger partial charge in [-0.2, -0.15) is 0 Å². The summed E-state index contributed by atoms with van der Waals surface area (Å²) < 4.78 is 1.04. The van der Waals surface area contributed by atoms with Crippen LogP contribution < -0.4 is 5.32 Å². The molecule has 0 aromatic heterocycles. The highest BCUT2D eigenvalue weighted by Crippen LogP contribution is 2.47. The fraction of sp³-hybridized carbons (Fsp3) is 0.588. The summed E-state index contributed by atoms with van der Waals surface area (Å²) in [7, 11) is 1.98. The van der Waals surface area contributed by atoms with E-state index in [9.17, 15) is 9.90 Å². The zero-order valence-corrected chi connectivity index (χ0v) is 14.7. The van der Waals surface area contributed by atoms with Gasteiger partial charge in [0.1, 0.15) is 0 Å². The Hall–Kier alpha value is -0.910. The molecular weight excluding hydrogens is 344 g/mol. The van der Waals surface area contributed by atoms with Crippen molar-refractivity contribution in [2.75, 3.05) is 20.1 Å². The molecule has 2 fully saturated rings. The third-order valence-electron chi connectivity index (χ3n) is 4.88. The van der Waals surface area contributed by atoms with Crippen LogP contribution in [0.1, 0.15) is 30.4 Å². The minimum absolute atomic E-state index is 0.0457. The predicted octanol–water partition coefficient (Wildman–Crippen LogP) is 2.18. The van der Waals surface area contributed by atoms with Gasteiger partial charge in [0.2, 0.25) is 5.91 Å². The van der Waals surface area contributed by atoms with Gasteiger partial charge in [0.25, 0.3) is 0 Å². The smallest absolute Gasteiger partial charge is 0.221 e. The second kappa shape index (κ2) is 5.95.